The van der Waals surface area contributed by atoms with Crippen LogP contribution in [0.2, 0.25) is 0 Å². The van der Waals surface area contributed by atoms with E-state index >= 15 is 0 Å². The molecule has 0 amide bonds. The summed E-state index contributed by atoms with van der Waals surface area (Å²) in [5.41, 5.74) is 0.156. The van der Waals surface area contributed by atoms with E-state index < -0.39 is 11.4 Å². The number of benzene rings is 1. The van der Waals surface area contributed by atoms with Gasteiger partial charge in [0.05, 0.1) is 18.8 Å². The van der Waals surface area contributed by atoms with E-state index in [9.17, 15) is 9.50 Å². The summed E-state index contributed by atoms with van der Waals surface area (Å²) in [4.78, 5) is 0. The number of rotatable bonds is 1. The first-order chi connectivity index (χ1) is 9.03. The number of aryl methyl sites for hydroxylation is 1. The van der Waals surface area contributed by atoms with Crippen LogP contribution < -0.4 is 0 Å². The van der Waals surface area contributed by atoms with Crippen LogP contribution in [0, 0.1) is 12.7 Å². The summed E-state index contributed by atoms with van der Waals surface area (Å²) in [6.45, 7) is 3.06. The fraction of sp³-hybridized carbons (Fsp3) is 0.600. The molecule has 104 valence electrons. The van der Waals surface area contributed by atoms with Gasteiger partial charge in [-0.15, -0.1) is 0 Å². The largest absolute Gasteiger partial charge is 0.385 e. The second-order valence-corrected chi connectivity index (χ2v) is 5.62. The van der Waals surface area contributed by atoms with E-state index in [1.807, 2.05) is 13.0 Å². The monoisotopic (exact) mass is 266 g/mol. The minimum Gasteiger partial charge on any atom is -0.385 e. The van der Waals surface area contributed by atoms with Gasteiger partial charge in [0.2, 0.25) is 0 Å². The molecule has 1 spiro atoms. The van der Waals surface area contributed by atoms with Crippen LogP contribution >= 0.6 is 0 Å². The van der Waals surface area contributed by atoms with Gasteiger partial charge < -0.3 is 14.6 Å². The molecule has 0 unspecified atom stereocenters. The maximum atomic E-state index is 14.0. The minimum absolute atomic E-state index is 0.327. The molecular weight excluding hydrogens is 247 g/mol. The summed E-state index contributed by atoms with van der Waals surface area (Å²) >= 11 is 0. The molecule has 2 aliphatic rings. The maximum Gasteiger partial charge on any atom is 0.168 e. The van der Waals surface area contributed by atoms with E-state index in [2.05, 4.69) is 0 Å². The van der Waals surface area contributed by atoms with Crippen molar-refractivity contribution < 1.29 is 19.0 Å². The number of ether oxygens (including phenoxy) is 2. The van der Waals surface area contributed by atoms with Crippen LogP contribution in [0.15, 0.2) is 18.2 Å². The van der Waals surface area contributed by atoms with Gasteiger partial charge in [0.25, 0.3) is 0 Å². The predicted molar refractivity (Wildman–Crippen MR) is 68.1 cm³/mol. The highest BCUT2D eigenvalue weighted by Gasteiger charge is 2.46. The number of hydrogen-bond donors (Lipinski definition) is 1. The Hall–Kier alpha value is -0.970. The van der Waals surface area contributed by atoms with E-state index in [4.69, 9.17) is 9.47 Å². The van der Waals surface area contributed by atoms with Crippen molar-refractivity contribution in [2.75, 3.05) is 13.2 Å². The van der Waals surface area contributed by atoms with Crippen molar-refractivity contribution in [1.29, 1.82) is 0 Å². The molecule has 19 heavy (non-hydrogen) atoms. The van der Waals surface area contributed by atoms with Gasteiger partial charge in [-0.1, -0.05) is 12.1 Å². The average molecular weight is 266 g/mol. The van der Waals surface area contributed by atoms with Crippen molar-refractivity contribution in [2.24, 2.45) is 0 Å². The first-order valence-corrected chi connectivity index (χ1v) is 6.80. The molecule has 0 radical (unpaired) electrons. The van der Waals surface area contributed by atoms with Gasteiger partial charge in [0.15, 0.2) is 5.79 Å². The lowest BCUT2D eigenvalue weighted by atomic mass is 9.76. The molecule has 0 aromatic heterocycles. The molecule has 1 aliphatic heterocycles. The van der Waals surface area contributed by atoms with Gasteiger partial charge in [0.1, 0.15) is 5.82 Å². The third kappa shape index (κ3) is 2.29. The zero-order valence-electron chi connectivity index (χ0n) is 11.1. The molecule has 0 bridgehead atoms. The van der Waals surface area contributed by atoms with Crippen molar-refractivity contribution >= 4 is 0 Å². The van der Waals surface area contributed by atoms with Gasteiger partial charge >= 0.3 is 0 Å². The summed E-state index contributed by atoms with van der Waals surface area (Å²) < 4.78 is 25.3. The van der Waals surface area contributed by atoms with Crippen LogP contribution in [0.3, 0.4) is 0 Å². The minimum atomic E-state index is -1.10. The zero-order chi connectivity index (χ0) is 13.5. The Kier molecular flexibility index (Phi) is 3.12. The molecule has 1 heterocycles. The summed E-state index contributed by atoms with van der Waals surface area (Å²) in [5.74, 6) is -0.861. The third-order valence-corrected chi connectivity index (χ3v) is 4.28. The van der Waals surface area contributed by atoms with Crippen LogP contribution in [0.1, 0.15) is 36.8 Å². The Bertz CT molecular complexity index is 470. The van der Waals surface area contributed by atoms with Crippen LogP contribution in [-0.2, 0) is 15.1 Å². The SMILES string of the molecule is Cc1ccc(C2(O)CCC3(CC2)OCCO3)c(F)c1. The standard InChI is InChI=1S/C15H19FO3/c1-11-2-3-12(13(16)10-11)14(17)4-6-15(7-5-14)18-8-9-19-15/h2-3,10,17H,4-9H2,1H3. The Morgan fingerprint density at radius 1 is 1.11 bits per heavy atom. The molecule has 3 rings (SSSR count). The van der Waals surface area contributed by atoms with Crippen LogP contribution in [-0.4, -0.2) is 24.1 Å². The molecule has 1 aromatic carbocycles. The normalized spacial score (nSPS) is 24.8. The van der Waals surface area contributed by atoms with Crippen LogP contribution in [0.25, 0.3) is 0 Å². The van der Waals surface area contributed by atoms with E-state index in [1.165, 1.54) is 6.07 Å². The summed E-state index contributed by atoms with van der Waals surface area (Å²) in [7, 11) is 0. The van der Waals surface area contributed by atoms with E-state index in [-0.39, 0.29) is 5.82 Å². The number of halogens is 1. The summed E-state index contributed by atoms with van der Waals surface area (Å²) in [6.07, 6.45) is 2.15. The van der Waals surface area contributed by atoms with E-state index in [0.29, 0.717) is 44.5 Å². The van der Waals surface area contributed by atoms with E-state index in [1.54, 1.807) is 6.07 Å². The third-order valence-electron chi connectivity index (χ3n) is 4.28. The fourth-order valence-corrected chi connectivity index (χ4v) is 3.10. The molecule has 1 saturated heterocycles. The van der Waals surface area contributed by atoms with Crippen LogP contribution in [0.5, 0.6) is 0 Å². The topological polar surface area (TPSA) is 38.7 Å². The second-order valence-electron chi connectivity index (χ2n) is 5.62. The van der Waals surface area contributed by atoms with Gasteiger partial charge in [-0.3, -0.25) is 0 Å². The number of aliphatic hydroxyl groups is 1. The quantitative estimate of drug-likeness (QED) is 0.849. The molecule has 0 atom stereocenters. The van der Waals surface area contributed by atoms with Crippen molar-refractivity contribution in [3.8, 4) is 0 Å². The molecule has 3 nitrogen and oxygen atoms in total. The average Bonchev–Trinajstić information content (AvgIpc) is 2.82. The maximum absolute atomic E-state index is 14.0. The summed E-state index contributed by atoms with van der Waals surface area (Å²) in [6, 6.07) is 5.00. The van der Waals surface area contributed by atoms with Crippen LogP contribution in [0.4, 0.5) is 4.39 Å². The van der Waals surface area contributed by atoms with Crippen molar-refractivity contribution in [3.05, 3.63) is 35.1 Å². The van der Waals surface area contributed by atoms with Crippen molar-refractivity contribution in [1.82, 2.24) is 0 Å². The molecule has 1 aromatic rings. The highest BCUT2D eigenvalue weighted by atomic mass is 19.1. The second kappa shape index (κ2) is 4.54. The first kappa shape index (κ1) is 13.0. The molecule has 2 fully saturated rings. The lowest BCUT2D eigenvalue weighted by molar-refractivity contribution is -0.204. The molecule has 1 saturated carbocycles. The molecule has 1 aliphatic carbocycles. The Labute approximate surface area is 112 Å². The Balaban J connectivity index is 1.81. The van der Waals surface area contributed by atoms with Gasteiger partial charge in [-0.25, -0.2) is 4.39 Å². The van der Waals surface area contributed by atoms with E-state index in [0.717, 1.165) is 5.56 Å². The molecule has 4 heteroatoms. The molecular formula is C15H19FO3. The zero-order valence-corrected chi connectivity index (χ0v) is 11.1. The first-order valence-electron chi connectivity index (χ1n) is 6.80. The molecule has 1 N–H and O–H groups in total. The van der Waals surface area contributed by atoms with Gasteiger partial charge in [-0.2, -0.15) is 0 Å². The Morgan fingerprint density at radius 3 is 2.32 bits per heavy atom. The van der Waals surface area contributed by atoms with Gasteiger partial charge in [0, 0.05) is 18.4 Å². The van der Waals surface area contributed by atoms with Crippen molar-refractivity contribution in [3.63, 3.8) is 0 Å². The highest BCUT2D eigenvalue weighted by Crippen LogP contribution is 2.45. The smallest absolute Gasteiger partial charge is 0.168 e. The predicted octanol–water partition coefficient (Wildman–Crippen LogP) is 2.64. The Morgan fingerprint density at radius 2 is 1.74 bits per heavy atom. The lowest BCUT2D eigenvalue weighted by Gasteiger charge is -2.40. The fourth-order valence-electron chi connectivity index (χ4n) is 3.10. The highest BCUT2D eigenvalue weighted by molar-refractivity contribution is 5.29. The van der Waals surface area contributed by atoms with Crippen molar-refractivity contribution in [2.45, 2.75) is 44.0 Å². The lowest BCUT2D eigenvalue weighted by Crippen LogP contribution is -2.42. The van der Waals surface area contributed by atoms with Gasteiger partial charge in [-0.05, 0) is 31.4 Å². The number of hydrogen-bond acceptors (Lipinski definition) is 3. The summed E-state index contributed by atoms with van der Waals surface area (Å²) in [5, 5.41) is 10.7.